The van der Waals surface area contributed by atoms with Crippen molar-refractivity contribution >= 4 is 11.6 Å². The van der Waals surface area contributed by atoms with Crippen LogP contribution in [0.15, 0.2) is 54.6 Å². The molecule has 1 heterocycles. The molecule has 0 aliphatic rings. The fraction of sp³-hybridized carbons (Fsp3) is 0.150. The van der Waals surface area contributed by atoms with E-state index in [4.69, 9.17) is 4.74 Å². The number of nitrogens with one attached hydrogen (secondary N) is 1. The summed E-state index contributed by atoms with van der Waals surface area (Å²) in [7, 11) is 1.58. The summed E-state index contributed by atoms with van der Waals surface area (Å²) < 4.78 is 20.3. The van der Waals surface area contributed by atoms with Gasteiger partial charge in [-0.1, -0.05) is 6.07 Å². The lowest BCUT2D eigenvalue weighted by atomic mass is 10.2. The van der Waals surface area contributed by atoms with Crippen molar-refractivity contribution in [3.05, 3.63) is 77.4 Å². The Bertz CT molecular complexity index is 914. The van der Waals surface area contributed by atoms with Crippen LogP contribution in [0.1, 0.15) is 21.7 Å². The van der Waals surface area contributed by atoms with E-state index in [-0.39, 0.29) is 11.7 Å². The van der Waals surface area contributed by atoms with Crippen molar-refractivity contribution in [2.45, 2.75) is 13.8 Å². The Labute approximate surface area is 145 Å². The van der Waals surface area contributed by atoms with Crippen LogP contribution in [-0.2, 0) is 0 Å². The number of carbonyl (C=O) groups is 1. The number of nitrogens with zero attached hydrogens (tertiary/aromatic N) is 1. The van der Waals surface area contributed by atoms with Gasteiger partial charge < -0.3 is 14.6 Å². The van der Waals surface area contributed by atoms with E-state index < -0.39 is 0 Å². The largest absolute Gasteiger partial charge is 0.497 e. The first-order valence-electron chi connectivity index (χ1n) is 7.90. The zero-order valence-corrected chi connectivity index (χ0v) is 14.3. The van der Waals surface area contributed by atoms with Crippen LogP contribution in [0, 0.1) is 19.7 Å². The lowest BCUT2D eigenvalue weighted by molar-refractivity contribution is 0.102. The maximum absolute atomic E-state index is 13.2. The number of anilines is 1. The first-order chi connectivity index (χ1) is 12.0. The quantitative estimate of drug-likeness (QED) is 0.761. The van der Waals surface area contributed by atoms with Gasteiger partial charge in [0.25, 0.3) is 5.91 Å². The SMILES string of the molecule is COc1cccc(NC(=O)c2cc(C)n(-c3ccc(F)cc3)c2C)c1. The van der Waals surface area contributed by atoms with Gasteiger partial charge in [-0.25, -0.2) is 4.39 Å². The van der Waals surface area contributed by atoms with Crippen molar-refractivity contribution in [2.24, 2.45) is 0 Å². The summed E-state index contributed by atoms with van der Waals surface area (Å²) in [6.45, 7) is 3.79. The number of aromatic nitrogens is 1. The van der Waals surface area contributed by atoms with Crippen LogP contribution in [-0.4, -0.2) is 17.6 Å². The van der Waals surface area contributed by atoms with Gasteiger partial charge >= 0.3 is 0 Å². The second kappa shape index (κ2) is 6.81. The molecule has 1 amide bonds. The predicted molar refractivity (Wildman–Crippen MR) is 96.1 cm³/mol. The highest BCUT2D eigenvalue weighted by Crippen LogP contribution is 2.23. The molecule has 0 radical (unpaired) electrons. The molecule has 0 fully saturated rings. The molecule has 0 aliphatic carbocycles. The Morgan fingerprint density at radius 2 is 1.80 bits per heavy atom. The molecule has 0 saturated heterocycles. The van der Waals surface area contributed by atoms with Crippen molar-refractivity contribution in [3.63, 3.8) is 0 Å². The second-order valence-corrected chi connectivity index (χ2v) is 5.78. The first kappa shape index (κ1) is 16.8. The molecule has 0 atom stereocenters. The zero-order valence-electron chi connectivity index (χ0n) is 14.3. The Hall–Kier alpha value is -3.08. The maximum Gasteiger partial charge on any atom is 0.257 e. The molecule has 0 bridgehead atoms. The number of hydrogen-bond donors (Lipinski definition) is 1. The first-order valence-corrected chi connectivity index (χ1v) is 7.90. The van der Waals surface area contributed by atoms with E-state index >= 15 is 0 Å². The van der Waals surface area contributed by atoms with Gasteiger partial charge in [0.05, 0.1) is 12.7 Å². The minimum absolute atomic E-state index is 0.199. The zero-order chi connectivity index (χ0) is 18.0. The number of hydrogen-bond acceptors (Lipinski definition) is 2. The van der Waals surface area contributed by atoms with Gasteiger partial charge in [-0.2, -0.15) is 0 Å². The Kier molecular flexibility index (Phi) is 4.57. The molecule has 0 saturated carbocycles. The van der Waals surface area contributed by atoms with Crippen LogP contribution in [0.3, 0.4) is 0 Å². The maximum atomic E-state index is 13.2. The van der Waals surface area contributed by atoms with Crippen LogP contribution in [0.2, 0.25) is 0 Å². The van der Waals surface area contributed by atoms with Gasteiger partial charge in [-0.05, 0) is 56.3 Å². The van der Waals surface area contributed by atoms with Crippen LogP contribution in [0.5, 0.6) is 5.75 Å². The number of methoxy groups -OCH3 is 1. The highest BCUT2D eigenvalue weighted by atomic mass is 19.1. The molecule has 3 rings (SSSR count). The molecule has 4 nitrogen and oxygen atoms in total. The smallest absolute Gasteiger partial charge is 0.257 e. The van der Waals surface area contributed by atoms with Crippen molar-refractivity contribution in [2.75, 3.05) is 12.4 Å². The molecule has 0 unspecified atom stereocenters. The molecular weight excluding hydrogens is 319 g/mol. The van der Waals surface area contributed by atoms with Gasteiger partial charge in [0, 0.05) is 28.8 Å². The van der Waals surface area contributed by atoms with Crippen LogP contribution in [0.4, 0.5) is 10.1 Å². The third-order valence-electron chi connectivity index (χ3n) is 4.09. The molecule has 0 aliphatic heterocycles. The van der Waals surface area contributed by atoms with E-state index in [1.165, 1.54) is 12.1 Å². The highest BCUT2D eigenvalue weighted by Gasteiger charge is 2.17. The molecular formula is C20H19FN2O2. The number of ether oxygens (including phenoxy) is 1. The lowest BCUT2D eigenvalue weighted by Gasteiger charge is -2.10. The molecule has 128 valence electrons. The van der Waals surface area contributed by atoms with Gasteiger partial charge in [0.15, 0.2) is 0 Å². The minimum Gasteiger partial charge on any atom is -0.497 e. The Morgan fingerprint density at radius 1 is 1.08 bits per heavy atom. The van der Waals surface area contributed by atoms with Crippen LogP contribution < -0.4 is 10.1 Å². The molecule has 5 heteroatoms. The topological polar surface area (TPSA) is 43.3 Å². The molecule has 2 aromatic carbocycles. The van der Waals surface area contributed by atoms with E-state index in [1.54, 1.807) is 31.4 Å². The number of aryl methyl sites for hydroxylation is 1. The van der Waals surface area contributed by atoms with Gasteiger partial charge in [0.2, 0.25) is 0 Å². The molecule has 1 N–H and O–H groups in total. The van der Waals surface area contributed by atoms with E-state index in [0.29, 0.717) is 17.0 Å². The standard InChI is InChI=1S/C20H19FN2O2/c1-13-11-19(14(2)23(13)17-9-7-15(21)8-10-17)20(24)22-16-5-4-6-18(12-16)25-3/h4-12H,1-3H3,(H,22,24). The van der Waals surface area contributed by atoms with Crippen LogP contribution in [0.25, 0.3) is 5.69 Å². The minimum atomic E-state index is -0.290. The highest BCUT2D eigenvalue weighted by molar-refractivity contribution is 6.05. The monoisotopic (exact) mass is 338 g/mol. The summed E-state index contributed by atoms with van der Waals surface area (Å²) in [6.07, 6.45) is 0. The van der Waals surface area contributed by atoms with E-state index in [0.717, 1.165) is 17.1 Å². The van der Waals surface area contributed by atoms with Gasteiger partial charge in [0.1, 0.15) is 11.6 Å². The van der Waals surface area contributed by atoms with E-state index in [9.17, 15) is 9.18 Å². The number of benzene rings is 2. The summed E-state index contributed by atoms with van der Waals surface area (Å²) >= 11 is 0. The molecule has 25 heavy (non-hydrogen) atoms. The second-order valence-electron chi connectivity index (χ2n) is 5.78. The molecule has 3 aromatic rings. The summed E-state index contributed by atoms with van der Waals surface area (Å²) in [5.41, 5.74) is 3.75. The van der Waals surface area contributed by atoms with Crippen molar-refractivity contribution in [3.8, 4) is 11.4 Å². The van der Waals surface area contributed by atoms with E-state index in [1.807, 2.05) is 36.6 Å². The number of amides is 1. The third kappa shape index (κ3) is 3.40. The average molecular weight is 338 g/mol. The van der Waals surface area contributed by atoms with Crippen molar-refractivity contribution in [1.29, 1.82) is 0 Å². The Morgan fingerprint density at radius 3 is 2.48 bits per heavy atom. The number of carbonyl (C=O) groups excluding carboxylic acids is 1. The number of rotatable bonds is 4. The Balaban J connectivity index is 1.91. The normalized spacial score (nSPS) is 10.6. The van der Waals surface area contributed by atoms with Crippen molar-refractivity contribution in [1.82, 2.24) is 4.57 Å². The summed E-state index contributed by atoms with van der Waals surface area (Å²) in [6, 6.07) is 15.2. The number of halogens is 1. The third-order valence-corrected chi connectivity index (χ3v) is 4.09. The van der Waals surface area contributed by atoms with Crippen LogP contribution >= 0.6 is 0 Å². The summed E-state index contributed by atoms with van der Waals surface area (Å²) in [5, 5.41) is 2.88. The molecule has 0 spiro atoms. The molecule has 1 aromatic heterocycles. The van der Waals surface area contributed by atoms with Gasteiger partial charge in [-0.3, -0.25) is 4.79 Å². The lowest BCUT2D eigenvalue weighted by Crippen LogP contribution is -2.13. The van der Waals surface area contributed by atoms with Gasteiger partial charge in [-0.15, -0.1) is 0 Å². The van der Waals surface area contributed by atoms with Crippen molar-refractivity contribution < 1.29 is 13.9 Å². The average Bonchev–Trinajstić information content (AvgIpc) is 2.90. The fourth-order valence-corrected chi connectivity index (χ4v) is 2.88. The summed E-state index contributed by atoms with van der Waals surface area (Å²) in [5.74, 6) is 0.187. The predicted octanol–water partition coefficient (Wildman–Crippen LogP) is 4.49. The summed E-state index contributed by atoms with van der Waals surface area (Å²) in [4.78, 5) is 12.7. The van der Waals surface area contributed by atoms with E-state index in [2.05, 4.69) is 5.32 Å². The fourth-order valence-electron chi connectivity index (χ4n) is 2.88.